The molecule has 24 heavy (non-hydrogen) atoms. The Morgan fingerprint density at radius 2 is 1.67 bits per heavy atom. The molecule has 0 radical (unpaired) electrons. The van der Waals surface area contributed by atoms with Gasteiger partial charge in [0.05, 0.1) is 0 Å². The summed E-state index contributed by atoms with van der Waals surface area (Å²) >= 11 is 0. The SMILES string of the molecule is NC[C@H](NC(=O)/C=C/c1ccc(-c2ccccc2)cc1)C(=O)NO. The molecule has 2 aromatic rings. The summed E-state index contributed by atoms with van der Waals surface area (Å²) in [5.41, 5.74) is 9.87. The summed E-state index contributed by atoms with van der Waals surface area (Å²) in [5.74, 6) is -1.23. The Labute approximate surface area is 139 Å². The minimum absolute atomic E-state index is 0.113. The number of rotatable bonds is 6. The summed E-state index contributed by atoms with van der Waals surface area (Å²) in [6.45, 7) is -0.113. The van der Waals surface area contributed by atoms with Crippen LogP contribution in [0, 0.1) is 0 Å². The normalized spacial score (nSPS) is 11.9. The van der Waals surface area contributed by atoms with Crippen LogP contribution in [0.5, 0.6) is 0 Å². The summed E-state index contributed by atoms with van der Waals surface area (Å²) in [5, 5.41) is 11.0. The van der Waals surface area contributed by atoms with Crippen LogP contribution in [-0.4, -0.2) is 29.6 Å². The zero-order valence-electron chi connectivity index (χ0n) is 13.0. The van der Waals surface area contributed by atoms with Crippen molar-refractivity contribution in [1.82, 2.24) is 10.8 Å². The zero-order valence-corrected chi connectivity index (χ0v) is 13.0. The van der Waals surface area contributed by atoms with Gasteiger partial charge in [-0.25, -0.2) is 5.48 Å². The molecular formula is C18H19N3O3. The average Bonchev–Trinajstić information content (AvgIpc) is 2.65. The van der Waals surface area contributed by atoms with Crippen molar-refractivity contribution in [2.75, 3.05) is 6.54 Å². The minimum Gasteiger partial charge on any atom is -0.339 e. The molecule has 0 unspecified atom stereocenters. The number of nitrogens with two attached hydrogens (primary N) is 1. The van der Waals surface area contributed by atoms with E-state index in [-0.39, 0.29) is 6.54 Å². The molecule has 124 valence electrons. The minimum atomic E-state index is -0.979. The molecule has 0 saturated heterocycles. The van der Waals surface area contributed by atoms with E-state index in [1.165, 1.54) is 11.6 Å². The Morgan fingerprint density at radius 3 is 2.25 bits per heavy atom. The molecule has 0 aliphatic carbocycles. The van der Waals surface area contributed by atoms with Crippen molar-refractivity contribution >= 4 is 17.9 Å². The first-order chi connectivity index (χ1) is 11.6. The quantitative estimate of drug-likeness (QED) is 0.365. The highest BCUT2D eigenvalue weighted by molar-refractivity contribution is 5.95. The molecule has 0 aliphatic rings. The average molecular weight is 325 g/mol. The van der Waals surface area contributed by atoms with E-state index in [1.807, 2.05) is 54.6 Å². The van der Waals surface area contributed by atoms with Crippen molar-refractivity contribution < 1.29 is 14.8 Å². The van der Waals surface area contributed by atoms with Crippen LogP contribution in [0.2, 0.25) is 0 Å². The molecule has 2 aromatic carbocycles. The van der Waals surface area contributed by atoms with Gasteiger partial charge in [-0.05, 0) is 22.8 Å². The second-order valence-electron chi connectivity index (χ2n) is 5.09. The number of amides is 2. The molecule has 2 rings (SSSR count). The molecule has 0 aromatic heterocycles. The van der Waals surface area contributed by atoms with Gasteiger partial charge in [-0.15, -0.1) is 0 Å². The Bertz CT molecular complexity index is 712. The van der Waals surface area contributed by atoms with E-state index < -0.39 is 17.9 Å². The van der Waals surface area contributed by atoms with Gasteiger partial charge in [-0.3, -0.25) is 14.8 Å². The third-order valence-electron chi connectivity index (χ3n) is 3.42. The molecule has 0 saturated carbocycles. The van der Waals surface area contributed by atoms with Gasteiger partial charge in [0.25, 0.3) is 5.91 Å². The first kappa shape index (κ1) is 17.4. The van der Waals surface area contributed by atoms with E-state index in [2.05, 4.69) is 5.32 Å². The van der Waals surface area contributed by atoms with Gasteiger partial charge in [0.2, 0.25) is 5.91 Å². The summed E-state index contributed by atoms with van der Waals surface area (Å²) in [6, 6.07) is 16.7. The van der Waals surface area contributed by atoms with Gasteiger partial charge in [0.1, 0.15) is 6.04 Å². The van der Waals surface area contributed by atoms with Crippen molar-refractivity contribution in [3.05, 3.63) is 66.2 Å². The van der Waals surface area contributed by atoms with Crippen molar-refractivity contribution in [2.24, 2.45) is 5.73 Å². The smallest absolute Gasteiger partial charge is 0.267 e. The van der Waals surface area contributed by atoms with Gasteiger partial charge >= 0.3 is 0 Å². The van der Waals surface area contributed by atoms with E-state index in [0.717, 1.165) is 16.7 Å². The van der Waals surface area contributed by atoms with Crippen LogP contribution in [-0.2, 0) is 9.59 Å². The largest absolute Gasteiger partial charge is 0.339 e. The van der Waals surface area contributed by atoms with Crippen LogP contribution in [0.25, 0.3) is 17.2 Å². The second-order valence-corrected chi connectivity index (χ2v) is 5.09. The number of carbonyl (C=O) groups excluding carboxylic acids is 2. The molecule has 0 heterocycles. The molecule has 0 aliphatic heterocycles. The first-order valence-electron chi connectivity index (χ1n) is 7.42. The van der Waals surface area contributed by atoms with Crippen molar-refractivity contribution in [2.45, 2.75) is 6.04 Å². The molecule has 0 fully saturated rings. The maximum Gasteiger partial charge on any atom is 0.267 e. The van der Waals surface area contributed by atoms with Crippen molar-refractivity contribution in [3.63, 3.8) is 0 Å². The molecule has 0 bridgehead atoms. The number of nitrogens with one attached hydrogen (secondary N) is 2. The fourth-order valence-corrected chi connectivity index (χ4v) is 2.12. The molecule has 5 N–H and O–H groups in total. The summed E-state index contributed by atoms with van der Waals surface area (Å²) in [4.78, 5) is 23.0. The number of hydrogen-bond acceptors (Lipinski definition) is 4. The van der Waals surface area contributed by atoms with Gasteiger partial charge in [-0.2, -0.15) is 0 Å². The van der Waals surface area contributed by atoms with E-state index >= 15 is 0 Å². The monoisotopic (exact) mass is 325 g/mol. The third kappa shape index (κ3) is 4.77. The first-order valence-corrected chi connectivity index (χ1v) is 7.42. The molecule has 6 heteroatoms. The van der Waals surface area contributed by atoms with Crippen LogP contribution in [0.3, 0.4) is 0 Å². The number of hydrogen-bond donors (Lipinski definition) is 4. The summed E-state index contributed by atoms with van der Waals surface area (Å²) < 4.78 is 0. The number of carbonyl (C=O) groups is 2. The van der Waals surface area contributed by atoms with E-state index in [0.29, 0.717) is 0 Å². The maximum absolute atomic E-state index is 11.8. The third-order valence-corrected chi connectivity index (χ3v) is 3.42. The van der Waals surface area contributed by atoms with Gasteiger partial charge in [0.15, 0.2) is 0 Å². The Kier molecular flexibility index (Phi) is 6.24. The molecule has 0 spiro atoms. The lowest BCUT2D eigenvalue weighted by Crippen LogP contribution is -2.49. The topological polar surface area (TPSA) is 104 Å². The lowest BCUT2D eigenvalue weighted by Gasteiger charge is -2.12. The highest BCUT2D eigenvalue weighted by atomic mass is 16.5. The Morgan fingerprint density at radius 1 is 1.04 bits per heavy atom. The van der Waals surface area contributed by atoms with Crippen LogP contribution in [0.1, 0.15) is 5.56 Å². The van der Waals surface area contributed by atoms with Crippen LogP contribution in [0.15, 0.2) is 60.7 Å². The van der Waals surface area contributed by atoms with Crippen molar-refractivity contribution in [3.8, 4) is 11.1 Å². The molecular weight excluding hydrogens is 306 g/mol. The zero-order chi connectivity index (χ0) is 17.4. The standard InChI is InChI=1S/C18H19N3O3/c19-12-16(18(23)21-24)20-17(22)11-8-13-6-9-15(10-7-13)14-4-2-1-3-5-14/h1-11,16,24H,12,19H2,(H,20,22)(H,21,23)/b11-8+/t16-/m0/s1. The van der Waals surface area contributed by atoms with E-state index in [9.17, 15) is 9.59 Å². The van der Waals surface area contributed by atoms with Crippen LogP contribution < -0.4 is 16.5 Å². The predicted octanol–water partition coefficient (Wildman–Crippen LogP) is 1.32. The number of hydroxylamine groups is 1. The predicted molar refractivity (Wildman–Crippen MR) is 91.8 cm³/mol. The fraction of sp³-hybridized carbons (Fsp3) is 0.111. The molecule has 1 atom stereocenters. The highest BCUT2D eigenvalue weighted by Crippen LogP contribution is 2.19. The van der Waals surface area contributed by atoms with Gasteiger partial charge in [0, 0.05) is 12.6 Å². The van der Waals surface area contributed by atoms with Gasteiger partial charge < -0.3 is 11.1 Å². The lowest BCUT2D eigenvalue weighted by molar-refractivity contribution is -0.133. The Balaban J connectivity index is 1.99. The summed E-state index contributed by atoms with van der Waals surface area (Å²) in [6.07, 6.45) is 2.94. The highest BCUT2D eigenvalue weighted by Gasteiger charge is 2.16. The molecule has 6 nitrogen and oxygen atoms in total. The lowest BCUT2D eigenvalue weighted by atomic mass is 10.0. The van der Waals surface area contributed by atoms with E-state index in [1.54, 1.807) is 6.08 Å². The van der Waals surface area contributed by atoms with Crippen molar-refractivity contribution in [1.29, 1.82) is 0 Å². The van der Waals surface area contributed by atoms with Crippen LogP contribution in [0.4, 0.5) is 0 Å². The summed E-state index contributed by atoms with van der Waals surface area (Å²) in [7, 11) is 0. The maximum atomic E-state index is 11.8. The van der Waals surface area contributed by atoms with E-state index in [4.69, 9.17) is 10.9 Å². The Hall–Kier alpha value is -2.96. The number of benzene rings is 2. The van der Waals surface area contributed by atoms with Crippen LogP contribution >= 0.6 is 0 Å². The fourth-order valence-electron chi connectivity index (χ4n) is 2.12. The second kappa shape index (κ2) is 8.61. The molecule has 2 amide bonds. The van der Waals surface area contributed by atoms with Gasteiger partial charge in [-0.1, -0.05) is 54.6 Å².